The minimum atomic E-state index is 0. The highest BCUT2D eigenvalue weighted by molar-refractivity contribution is 5.95. The second kappa shape index (κ2) is 4.07. The smallest absolute Gasteiger partial charge is 0.254 e. The number of carbonyl (C=O) groups is 1. The van der Waals surface area contributed by atoms with E-state index in [4.69, 9.17) is 0 Å². The van der Waals surface area contributed by atoms with Crippen molar-refractivity contribution in [1.82, 2.24) is 20.8 Å². The Kier molecular flexibility index (Phi) is 2.90. The quantitative estimate of drug-likeness (QED) is 0.688. The van der Waals surface area contributed by atoms with Gasteiger partial charge in [-0.2, -0.15) is 5.10 Å². The third kappa shape index (κ3) is 1.70. The van der Waals surface area contributed by atoms with Gasteiger partial charge in [0.2, 0.25) is 0 Å². The first-order valence-corrected chi connectivity index (χ1v) is 5.29. The number of hydrogen-bond acceptors (Lipinski definition) is 3. The molecule has 1 saturated heterocycles. The van der Waals surface area contributed by atoms with Crippen LogP contribution in [-0.2, 0) is 0 Å². The van der Waals surface area contributed by atoms with Crippen LogP contribution in [0.1, 0.15) is 16.1 Å². The van der Waals surface area contributed by atoms with Crippen LogP contribution in [-0.4, -0.2) is 35.2 Å². The van der Waals surface area contributed by atoms with Gasteiger partial charge in [-0.25, -0.2) is 0 Å². The van der Waals surface area contributed by atoms with Gasteiger partial charge in [-0.3, -0.25) is 9.89 Å². The van der Waals surface area contributed by atoms with Gasteiger partial charge in [-0.15, -0.1) is 12.4 Å². The maximum atomic E-state index is 11.8. The Labute approximate surface area is 99.8 Å². The Bertz CT molecular complexity index is 395. The SMILES string of the molecule is Cc1[nH]ncc1C(=O)NC1C2CNCC21.Cl. The van der Waals surface area contributed by atoms with Crippen molar-refractivity contribution in [3.05, 3.63) is 17.5 Å². The van der Waals surface area contributed by atoms with E-state index in [-0.39, 0.29) is 18.3 Å². The summed E-state index contributed by atoms with van der Waals surface area (Å²) in [6.07, 6.45) is 1.58. The first-order valence-electron chi connectivity index (χ1n) is 5.29. The van der Waals surface area contributed by atoms with Crippen molar-refractivity contribution < 1.29 is 4.79 Å². The van der Waals surface area contributed by atoms with Crippen molar-refractivity contribution in [2.75, 3.05) is 13.1 Å². The topological polar surface area (TPSA) is 69.8 Å². The van der Waals surface area contributed by atoms with Gasteiger partial charge in [0, 0.05) is 24.8 Å². The van der Waals surface area contributed by atoms with Crippen LogP contribution in [0.25, 0.3) is 0 Å². The number of fused-ring (bicyclic) bond motifs is 1. The van der Waals surface area contributed by atoms with Gasteiger partial charge < -0.3 is 10.6 Å². The van der Waals surface area contributed by atoms with Crippen LogP contribution >= 0.6 is 12.4 Å². The molecule has 0 spiro atoms. The number of halogens is 1. The lowest BCUT2D eigenvalue weighted by Gasteiger charge is -2.06. The normalized spacial score (nSPS) is 30.4. The Morgan fingerprint density at radius 3 is 2.75 bits per heavy atom. The van der Waals surface area contributed by atoms with E-state index in [9.17, 15) is 4.79 Å². The molecular formula is C10H15ClN4O. The average molecular weight is 243 g/mol. The molecule has 1 aromatic rings. The van der Waals surface area contributed by atoms with Gasteiger partial charge in [0.15, 0.2) is 0 Å². The highest BCUT2D eigenvalue weighted by Gasteiger charge is 2.53. The summed E-state index contributed by atoms with van der Waals surface area (Å²) in [6, 6.07) is 0.382. The third-order valence-electron chi connectivity index (χ3n) is 3.46. The zero-order valence-electron chi connectivity index (χ0n) is 8.99. The summed E-state index contributed by atoms with van der Waals surface area (Å²) in [5.41, 5.74) is 1.49. The number of aromatic nitrogens is 2. The first-order chi connectivity index (χ1) is 7.27. The second-order valence-corrected chi connectivity index (χ2v) is 4.39. The van der Waals surface area contributed by atoms with Gasteiger partial charge in [-0.1, -0.05) is 0 Å². The van der Waals surface area contributed by atoms with Gasteiger partial charge in [-0.05, 0) is 18.8 Å². The maximum Gasteiger partial charge on any atom is 0.254 e. The summed E-state index contributed by atoms with van der Waals surface area (Å²) in [7, 11) is 0. The van der Waals surface area contributed by atoms with E-state index in [1.807, 2.05) is 6.92 Å². The van der Waals surface area contributed by atoms with E-state index in [0.717, 1.165) is 18.8 Å². The number of H-pyrrole nitrogens is 1. The fraction of sp³-hybridized carbons (Fsp3) is 0.600. The molecule has 3 rings (SSSR count). The maximum absolute atomic E-state index is 11.8. The standard InChI is InChI=1S/C10H14N4O.ClH/c1-5-6(4-12-14-5)10(15)13-9-7-2-11-3-8(7)9;/h4,7-9,11H,2-3H2,1H3,(H,12,14)(H,13,15);1H. The predicted octanol–water partition coefficient (Wildman–Crippen LogP) is 0.0875. The zero-order valence-corrected chi connectivity index (χ0v) is 9.80. The van der Waals surface area contributed by atoms with Gasteiger partial charge in [0.25, 0.3) is 5.91 Å². The predicted molar refractivity (Wildman–Crippen MR) is 61.7 cm³/mol. The number of aromatic amines is 1. The molecule has 0 aromatic carbocycles. The van der Waals surface area contributed by atoms with Crippen LogP contribution in [0.4, 0.5) is 0 Å². The fourth-order valence-corrected chi connectivity index (χ4v) is 2.44. The van der Waals surface area contributed by atoms with E-state index in [1.165, 1.54) is 0 Å². The van der Waals surface area contributed by atoms with Crippen molar-refractivity contribution in [1.29, 1.82) is 0 Å². The summed E-state index contributed by atoms with van der Waals surface area (Å²) < 4.78 is 0. The molecule has 2 aliphatic rings. The van der Waals surface area contributed by atoms with Gasteiger partial charge in [0.1, 0.15) is 0 Å². The third-order valence-corrected chi connectivity index (χ3v) is 3.46. The minimum Gasteiger partial charge on any atom is -0.349 e. The molecule has 2 fully saturated rings. The van der Waals surface area contributed by atoms with E-state index >= 15 is 0 Å². The molecule has 1 saturated carbocycles. The fourth-order valence-electron chi connectivity index (χ4n) is 2.44. The monoisotopic (exact) mass is 242 g/mol. The Morgan fingerprint density at radius 1 is 1.50 bits per heavy atom. The summed E-state index contributed by atoms with van der Waals surface area (Å²) >= 11 is 0. The van der Waals surface area contributed by atoms with Crippen LogP contribution in [0.5, 0.6) is 0 Å². The van der Waals surface area contributed by atoms with E-state index in [2.05, 4.69) is 20.8 Å². The lowest BCUT2D eigenvalue weighted by molar-refractivity contribution is 0.0946. The summed E-state index contributed by atoms with van der Waals surface area (Å²) in [4.78, 5) is 11.8. The molecule has 2 unspecified atom stereocenters. The van der Waals surface area contributed by atoms with Crippen LogP contribution in [0.3, 0.4) is 0 Å². The van der Waals surface area contributed by atoms with Crippen molar-refractivity contribution in [2.24, 2.45) is 11.8 Å². The minimum absolute atomic E-state index is 0. The molecule has 1 amide bonds. The second-order valence-electron chi connectivity index (χ2n) is 4.39. The number of carbonyl (C=O) groups excluding carboxylic acids is 1. The number of hydrogen-bond donors (Lipinski definition) is 3. The summed E-state index contributed by atoms with van der Waals surface area (Å²) in [5.74, 6) is 1.31. The Balaban J connectivity index is 0.000000963. The molecule has 88 valence electrons. The molecule has 1 aliphatic carbocycles. The lowest BCUT2D eigenvalue weighted by atomic mass is 10.2. The number of piperidine rings is 1. The number of nitrogens with one attached hydrogen (secondary N) is 3. The van der Waals surface area contributed by atoms with Crippen molar-refractivity contribution in [3.63, 3.8) is 0 Å². The first kappa shape index (κ1) is 11.4. The molecule has 6 heteroatoms. The van der Waals surface area contributed by atoms with E-state index < -0.39 is 0 Å². The molecule has 5 nitrogen and oxygen atoms in total. The highest BCUT2D eigenvalue weighted by atomic mass is 35.5. The van der Waals surface area contributed by atoms with Crippen LogP contribution in [0.2, 0.25) is 0 Å². The number of aryl methyl sites for hydroxylation is 1. The number of amides is 1. The number of nitrogens with zero attached hydrogens (tertiary/aromatic N) is 1. The van der Waals surface area contributed by atoms with Crippen molar-refractivity contribution >= 4 is 18.3 Å². The Morgan fingerprint density at radius 2 is 2.19 bits per heavy atom. The van der Waals surface area contributed by atoms with Crippen LogP contribution in [0.15, 0.2) is 6.20 Å². The summed E-state index contributed by atoms with van der Waals surface area (Å²) in [6.45, 7) is 3.94. The average Bonchev–Trinajstić information content (AvgIpc) is 2.66. The van der Waals surface area contributed by atoms with Crippen molar-refractivity contribution in [2.45, 2.75) is 13.0 Å². The molecule has 0 radical (unpaired) electrons. The van der Waals surface area contributed by atoms with Crippen molar-refractivity contribution in [3.8, 4) is 0 Å². The molecule has 2 heterocycles. The molecule has 2 atom stereocenters. The molecule has 1 aliphatic heterocycles. The van der Waals surface area contributed by atoms with Crippen LogP contribution in [0, 0.1) is 18.8 Å². The zero-order chi connectivity index (χ0) is 10.4. The van der Waals surface area contributed by atoms with E-state index in [0.29, 0.717) is 23.4 Å². The lowest BCUT2D eigenvalue weighted by Crippen LogP contribution is -2.32. The molecule has 1 aromatic heterocycles. The van der Waals surface area contributed by atoms with Gasteiger partial charge in [0.05, 0.1) is 11.8 Å². The molecule has 3 N–H and O–H groups in total. The van der Waals surface area contributed by atoms with E-state index in [1.54, 1.807) is 6.20 Å². The highest BCUT2D eigenvalue weighted by Crippen LogP contribution is 2.41. The van der Waals surface area contributed by atoms with Crippen LogP contribution < -0.4 is 10.6 Å². The number of rotatable bonds is 2. The Hall–Kier alpha value is -1.07. The largest absolute Gasteiger partial charge is 0.349 e. The molecular weight excluding hydrogens is 228 g/mol. The van der Waals surface area contributed by atoms with Gasteiger partial charge >= 0.3 is 0 Å². The molecule has 0 bridgehead atoms. The summed E-state index contributed by atoms with van der Waals surface area (Å²) in [5, 5.41) is 13.0. The molecule has 16 heavy (non-hydrogen) atoms.